The van der Waals surface area contributed by atoms with Gasteiger partial charge in [-0.15, -0.1) is 0 Å². The van der Waals surface area contributed by atoms with Crippen LogP contribution in [0.4, 0.5) is 0 Å². The van der Waals surface area contributed by atoms with Gasteiger partial charge in [-0.3, -0.25) is 4.90 Å². The Morgan fingerprint density at radius 1 is 1.28 bits per heavy atom. The highest BCUT2D eigenvalue weighted by Crippen LogP contribution is 2.35. The summed E-state index contributed by atoms with van der Waals surface area (Å²) in [5, 5.41) is 19.8. The second kappa shape index (κ2) is 5.00. The minimum Gasteiger partial charge on any atom is -0.396 e. The van der Waals surface area contributed by atoms with Crippen molar-refractivity contribution in [3.8, 4) is 0 Å². The van der Waals surface area contributed by atoms with E-state index in [4.69, 9.17) is 0 Å². The van der Waals surface area contributed by atoms with E-state index in [-0.39, 0.29) is 18.8 Å². The molecule has 0 spiro atoms. The van der Waals surface area contributed by atoms with Crippen molar-refractivity contribution in [2.45, 2.75) is 31.4 Å². The van der Waals surface area contributed by atoms with Gasteiger partial charge < -0.3 is 10.2 Å². The average Bonchev–Trinajstić information content (AvgIpc) is 2.77. The first-order valence-corrected chi connectivity index (χ1v) is 6.90. The van der Waals surface area contributed by atoms with Crippen molar-refractivity contribution in [1.82, 2.24) is 4.90 Å². The van der Waals surface area contributed by atoms with Gasteiger partial charge in [-0.1, -0.05) is 24.3 Å². The Hall–Kier alpha value is -0.900. The fourth-order valence-electron chi connectivity index (χ4n) is 3.43. The SMILES string of the molecule is OCC1CCCN(C2Cc3ccccc3C2O)C1. The second-order valence-corrected chi connectivity index (χ2v) is 5.60. The van der Waals surface area contributed by atoms with Crippen LogP contribution in [-0.4, -0.2) is 40.9 Å². The molecule has 3 rings (SSSR count). The summed E-state index contributed by atoms with van der Waals surface area (Å²) in [7, 11) is 0. The third-order valence-electron chi connectivity index (χ3n) is 4.44. The van der Waals surface area contributed by atoms with Crippen LogP contribution >= 0.6 is 0 Å². The molecule has 1 aliphatic heterocycles. The van der Waals surface area contributed by atoms with Crippen molar-refractivity contribution in [3.05, 3.63) is 35.4 Å². The molecule has 98 valence electrons. The lowest BCUT2D eigenvalue weighted by atomic mass is 9.96. The lowest BCUT2D eigenvalue weighted by molar-refractivity contribution is 0.0238. The molecule has 2 aliphatic rings. The van der Waals surface area contributed by atoms with Gasteiger partial charge in [0.05, 0.1) is 6.10 Å². The van der Waals surface area contributed by atoms with Crippen molar-refractivity contribution in [1.29, 1.82) is 0 Å². The molecule has 3 nitrogen and oxygen atoms in total. The minimum atomic E-state index is -0.362. The van der Waals surface area contributed by atoms with Crippen LogP contribution < -0.4 is 0 Å². The first-order chi connectivity index (χ1) is 8.79. The smallest absolute Gasteiger partial charge is 0.0951 e. The molecule has 0 amide bonds. The summed E-state index contributed by atoms with van der Waals surface area (Å²) in [6.07, 6.45) is 2.82. The molecule has 0 radical (unpaired) electrons. The first kappa shape index (κ1) is 12.2. The monoisotopic (exact) mass is 247 g/mol. The van der Waals surface area contributed by atoms with Crippen molar-refractivity contribution >= 4 is 0 Å². The third-order valence-corrected chi connectivity index (χ3v) is 4.44. The maximum Gasteiger partial charge on any atom is 0.0951 e. The molecule has 0 saturated carbocycles. The maximum atomic E-state index is 10.4. The number of hydrogen-bond acceptors (Lipinski definition) is 3. The van der Waals surface area contributed by atoms with Gasteiger partial charge in [-0.2, -0.15) is 0 Å². The third kappa shape index (κ3) is 2.07. The minimum absolute atomic E-state index is 0.205. The van der Waals surface area contributed by atoms with E-state index in [2.05, 4.69) is 11.0 Å². The van der Waals surface area contributed by atoms with Crippen LogP contribution in [0.15, 0.2) is 24.3 Å². The number of aliphatic hydroxyl groups excluding tert-OH is 2. The van der Waals surface area contributed by atoms with Gasteiger partial charge in [-0.05, 0) is 42.9 Å². The Bertz CT molecular complexity index is 421. The maximum absolute atomic E-state index is 10.4. The number of fused-ring (bicyclic) bond motifs is 1. The molecule has 2 N–H and O–H groups in total. The number of aliphatic hydroxyl groups is 2. The van der Waals surface area contributed by atoms with Crippen LogP contribution in [0.5, 0.6) is 0 Å². The van der Waals surface area contributed by atoms with Crippen molar-refractivity contribution in [3.63, 3.8) is 0 Å². The van der Waals surface area contributed by atoms with Crippen LogP contribution in [0.2, 0.25) is 0 Å². The van der Waals surface area contributed by atoms with Crippen LogP contribution in [0, 0.1) is 5.92 Å². The first-order valence-electron chi connectivity index (χ1n) is 6.90. The zero-order chi connectivity index (χ0) is 12.5. The van der Waals surface area contributed by atoms with Crippen molar-refractivity contribution < 1.29 is 10.2 Å². The Balaban J connectivity index is 1.75. The van der Waals surface area contributed by atoms with E-state index in [1.807, 2.05) is 18.2 Å². The average molecular weight is 247 g/mol. The fourth-order valence-corrected chi connectivity index (χ4v) is 3.43. The molecule has 1 saturated heterocycles. The number of benzene rings is 1. The predicted octanol–water partition coefficient (Wildman–Crippen LogP) is 1.35. The van der Waals surface area contributed by atoms with Gasteiger partial charge in [0.2, 0.25) is 0 Å². The normalized spacial score (nSPS) is 32.4. The Kier molecular flexibility index (Phi) is 3.37. The molecule has 1 heterocycles. The largest absolute Gasteiger partial charge is 0.396 e. The zero-order valence-electron chi connectivity index (χ0n) is 10.6. The number of hydrogen-bond donors (Lipinski definition) is 2. The highest BCUT2D eigenvalue weighted by atomic mass is 16.3. The van der Waals surface area contributed by atoms with Gasteiger partial charge in [0.25, 0.3) is 0 Å². The molecule has 3 heteroatoms. The second-order valence-electron chi connectivity index (χ2n) is 5.60. The quantitative estimate of drug-likeness (QED) is 0.829. The lowest BCUT2D eigenvalue weighted by Crippen LogP contribution is -2.45. The summed E-state index contributed by atoms with van der Waals surface area (Å²) in [6, 6.07) is 8.40. The number of rotatable bonds is 2. The Morgan fingerprint density at radius 2 is 2.11 bits per heavy atom. The van der Waals surface area contributed by atoms with Crippen LogP contribution in [-0.2, 0) is 6.42 Å². The van der Waals surface area contributed by atoms with Crippen molar-refractivity contribution in [2.24, 2.45) is 5.92 Å². The van der Waals surface area contributed by atoms with E-state index in [0.29, 0.717) is 5.92 Å². The van der Waals surface area contributed by atoms with Gasteiger partial charge in [-0.25, -0.2) is 0 Å². The summed E-state index contributed by atoms with van der Waals surface area (Å²) in [5.41, 5.74) is 2.37. The summed E-state index contributed by atoms with van der Waals surface area (Å²) < 4.78 is 0. The van der Waals surface area contributed by atoms with E-state index >= 15 is 0 Å². The Morgan fingerprint density at radius 3 is 2.89 bits per heavy atom. The molecule has 3 unspecified atom stereocenters. The van der Waals surface area contributed by atoms with Gasteiger partial charge in [0, 0.05) is 19.2 Å². The van der Waals surface area contributed by atoms with Crippen LogP contribution in [0.1, 0.15) is 30.1 Å². The van der Waals surface area contributed by atoms with Crippen LogP contribution in [0.25, 0.3) is 0 Å². The predicted molar refractivity (Wildman–Crippen MR) is 70.3 cm³/mol. The molecule has 1 aromatic carbocycles. The van der Waals surface area contributed by atoms with E-state index in [1.165, 1.54) is 5.56 Å². The number of piperidine rings is 1. The highest BCUT2D eigenvalue weighted by Gasteiger charge is 2.36. The molecule has 3 atom stereocenters. The molecule has 1 aromatic rings. The highest BCUT2D eigenvalue weighted by molar-refractivity contribution is 5.35. The summed E-state index contributed by atoms with van der Waals surface area (Å²) in [5.74, 6) is 0.384. The topological polar surface area (TPSA) is 43.7 Å². The summed E-state index contributed by atoms with van der Waals surface area (Å²) in [6.45, 7) is 2.24. The molecule has 18 heavy (non-hydrogen) atoms. The lowest BCUT2D eigenvalue weighted by Gasteiger charge is -2.37. The molecule has 1 aliphatic carbocycles. The van der Waals surface area contributed by atoms with Gasteiger partial charge >= 0.3 is 0 Å². The van der Waals surface area contributed by atoms with E-state index in [1.54, 1.807) is 0 Å². The van der Waals surface area contributed by atoms with Crippen LogP contribution in [0.3, 0.4) is 0 Å². The van der Waals surface area contributed by atoms with Gasteiger partial charge in [0.15, 0.2) is 0 Å². The molecule has 0 aromatic heterocycles. The standard InChI is InChI=1S/C15H21NO2/c17-10-11-4-3-7-16(9-11)14-8-12-5-1-2-6-13(12)15(14)18/h1-2,5-6,11,14-15,17-18H,3-4,7-10H2. The van der Waals surface area contributed by atoms with E-state index < -0.39 is 0 Å². The molecule has 0 bridgehead atoms. The molecular weight excluding hydrogens is 226 g/mol. The summed E-state index contributed by atoms with van der Waals surface area (Å²) in [4.78, 5) is 2.37. The van der Waals surface area contributed by atoms with E-state index in [9.17, 15) is 10.2 Å². The van der Waals surface area contributed by atoms with E-state index in [0.717, 1.165) is 37.9 Å². The number of likely N-dealkylation sites (tertiary alicyclic amines) is 1. The Labute approximate surface area is 108 Å². The number of nitrogens with zero attached hydrogens (tertiary/aromatic N) is 1. The molecule has 1 fully saturated rings. The zero-order valence-corrected chi connectivity index (χ0v) is 10.6. The van der Waals surface area contributed by atoms with Crippen molar-refractivity contribution in [2.75, 3.05) is 19.7 Å². The molecular formula is C15H21NO2. The summed E-state index contributed by atoms with van der Waals surface area (Å²) >= 11 is 0. The van der Waals surface area contributed by atoms with Gasteiger partial charge in [0.1, 0.15) is 0 Å². The fraction of sp³-hybridized carbons (Fsp3) is 0.600.